The van der Waals surface area contributed by atoms with Gasteiger partial charge in [0.2, 0.25) is 0 Å². The first-order valence-corrected chi connectivity index (χ1v) is 4.46. The van der Waals surface area contributed by atoms with E-state index in [9.17, 15) is 8.78 Å². The smallest absolute Gasteiger partial charge is 0.165 e. The second-order valence-corrected chi connectivity index (χ2v) is 3.22. The number of hydrogen-bond donors (Lipinski definition) is 2. The Labute approximate surface area is 86.5 Å². The van der Waals surface area contributed by atoms with Gasteiger partial charge in [-0.05, 0) is 18.1 Å². The molecule has 1 unspecified atom stereocenters. The van der Waals surface area contributed by atoms with Crippen molar-refractivity contribution in [3.05, 3.63) is 29.3 Å². The van der Waals surface area contributed by atoms with Crippen LogP contribution in [0.5, 0.6) is 5.75 Å². The first-order valence-electron chi connectivity index (χ1n) is 4.46. The number of nitrogens with two attached hydrogens (primary N) is 1. The van der Waals surface area contributed by atoms with E-state index in [1.54, 1.807) is 0 Å². The van der Waals surface area contributed by atoms with Crippen LogP contribution in [-0.2, 0) is 6.42 Å². The Kier molecular flexibility index (Phi) is 3.99. The van der Waals surface area contributed by atoms with E-state index in [-0.39, 0.29) is 24.3 Å². The van der Waals surface area contributed by atoms with Gasteiger partial charge < -0.3 is 15.6 Å². The van der Waals surface area contributed by atoms with Gasteiger partial charge >= 0.3 is 0 Å². The summed E-state index contributed by atoms with van der Waals surface area (Å²) in [5.74, 6) is -1.37. The average molecular weight is 217 g/mol. The highest BCUT2D eigenvalue weighted by Gasteiger charge is 2.12. The van der Waals surface area contributed by atoms with Crippen molar-refractivity contribution in [1.82, 2.24) is 0 Å². The van der Waals surface area contributed by atoms with E-state index in [1.807, 2.05) is 0 Å². The summed E-state index contributed by atoms with van der Waals surface area (Å²) in [6, 6.07) is 1.41. The Hall–Kier alpha value is -1.20. The van der Waals surface area contributed by atoms with Gasteiger partial charge in [-0.25, -0.2) is 8.78 Å². The van der Waals surface area contributed by atoms with Crippen LogP contribution in [0.2, 0.25) is 0 Å². The lowest BCUT2D eigenvalue weighted by Crippen LogP contribution is -2.27. The van der Waals surface area contributed by atoms with Gasteiger partial charge in [-0.1, -0.05) is 0 Å². The number of methoxy groups -OCH3 is 1. The molecule has 3 nitrogen and oxygen atoms in total. The molecule has 1 aromatic carbocycles. The highest BCUT2D eigenvalue weighted by Crippen LogP contribution is 2.21. The van der Waals surface area contributed by atoms with Crippen LogP contribution >= 0.6 is 0 Å². The third kappa shape index (κ3) is 2.87. The van der Waals surface area contributed by atoms with E-state index >= 15 is 0 Å². The molecule has 0 bridgehead atoms. The largest absolute Gasteiger partial charge is 0.494 e. The fourth-order valence-corrected chi connectivity index (χ4v) is 1.23. The molecule has 0 amide bonds. The van der Waals surface area contributed by atoms with Gasteiger partial charge in [-0.2, -0.15) is 0 Å². The highest BCUT2D eigenvalue weighted by molar-refractivity contribution is 5.31. The predicted octanol–water partition coefficient (Wildman–Crippen LogP) is 0.836. The third-order valence-corrected chi connectivity index (χ3v) is 2.04. The van der Waals surface area contributed by atoms with Crippen LogP contribution in [0.1, 0.15) is 5.56 Å². The third-order valence-electron chi connectivity index (χ3n) is 2.04. The quantitative estimate of drug-likeness (QED) is 0.785. The zero-order valence-electron chi connectivity index (χ0n) is 8.34. The van der Waals surface area contributed by atoms with Crippen LogP contribution < -0.4 is 10.5 Å². The molecule has 1 atom stereocenters. The fraction of sp³-hybridized carbons (Fsp3) is 0.400. The monoisotopic (exact) mass is 217 g/mol. The molecule has 0 saturated heterocycles. The lowest BCUT2D eigenvalue weighted by Gasteiger charge is -2.10. The van der Waals surface area contributed by atoms with Crippen molar-refractivity contribution in [2.24, 2.45) is 5.73 Å². The highest BCUT2D eigenvalue weighted by atomic mass is 19.1. The van der Waals surface area contributed by atoms with Crippen LogP contribution in [0.3, 0.4) is 0 Å². The minimum Gasteiger partial charge on any atom is -0.494 e. The molecule has 15 heavy (non-hydrogen) atoms. The second kappa shape index (κ2) is 5.04. The van der Waals surface area contributed by atoms with Gasteiger partial charge in [0, 0.05) is 12.1 Å². The molecule has 0 aliphatic heterocycles. The summed E-state index contributed by atoms with van der Waals surface area (Å²) < 4.78 is 31.1. The summed E-state index contributed by atoms with van der Waals surface area (Å²) in [6.45, 7) is -0.271. The van der Waals surface area contributed by atoms with E-state index in [0.717, 1.165) is 12.1 Å². The summed E-state index contributed by atoms with van der Waals surface area (Å²) in [7, 11) is 1.26. The molecule has 5 heteroatoms. The molecule has 1 rings (SSSR count). The number of aliphatic hydroxyl groups is 1. The Morgan fingerprint density at radius 2 is 2.07 bits per heavy atom. The molecule has 0 aromatic heterocycles. The molecular formula is C10H13F2NO2. The number of benzene rings is 1. The van der Waals surface area contributed by atoms with Crippen molar-refractivity contribution in [2.45, 2.75) is 12.5 Å². The maximum atomic E-state index is 13.3. The van der Waals surface area contributed by atoms with Crippen molar-refractivity contribution in [1.29, 1.82) is 0 Å². The minimum absolute atomic E-state index is 0.0866. The second-order valence-electron chi connectivity index (χ2n) is 3.22. The topological polar surface area (TPSA) is 55.5 Å². The first-order chi connectivity index (χ1) is 7.08. The first kappa shape index (κ1) is 11.9. The van der Waals surface area contributed by atoms with Crippen molar-refractivity contribution in [2.75, 3.05) is 13.7 Å². The number of rotatable bonds is 4. The molecule has 0 saturated carbocycles. The summed E-state index contributed by atoms with van der Waals surface area (Å²) in [5, 5.41) is 8.69. The molecule has 0 heterocycles. The zero-order chi connectivity index (χ0) is 11.4. The fourth-order valence-electron chi connectivity index (χ4n) is 1.23. The van der Waals surface area contributed by atoms with Gasteiger partial charge in [0.15, 0.2) is 11.6 Å². The maximum absolute atomic E-state index is 13.3. The van der Waals surface area contributed by atoms with Crippen LogP contribution in [0.4, 0.5) is 8.78 Å². The van der Waals surface area contributed by atoms with Crippen LogP contribution in [0.15, 0.2) is 12.1 Å². The Balaban J connectivity index is 2.95. The van der Waals surface area contributed by atoms with Crippen molar-refractivity contribution >= 4 is 0 Å². The Morgan fingerprint density at radius 3 is 2.60 bits per heavy atom. The number of ether oxygens (including phenoxy) is 1. The number of halogens is 2. The van der Waals surface area contributed by atoms with Gasteiger partial charge in [0.05, 0.1) is 13.7 Å². The molecule has 0 aliphatic rings. The van der Waals surface area contributed by atoms with Crippen LogP contribution in [-0.4, -0.2) is 24.9 Å². The van der Waals surface area contributed by atoms with Gasteiger partial charge in [-0.3, -0.25) is 0 Å². The van der Waals surface area contributed by atoms with Gasteiger partial charge in [0.1, 0.15) is 5.82 Å². The SMILES string of the molecule is COc1cc(F)c(CC(N)CO)cc1F. The van der Waals surface area contributed by atoms with Gasteiger partial charge in [-0.15, -0.1) is 0 Å². The number of aliphatic hydroxyl groups excluding tert-OH is 1. The van der Waals surface area contributed by atoms with Crippen LogP contribution in [0.25, 0.3) is 0 Å². The molecule has 0 radical (unpaired) electrons. The predicted molar refractivity (Wildman–Crippen MR) is 51.7 cm³/mol. The van der Waals surface area contributed by atoms with E-state index in [2.05, 4.69) is 4.74 Å². The normalized spacial score (nSPS) is 12.6. The Morgan fingerprint density at radius 1 is 1.40 bits per heavy atom. The number of hydrogen-bond acceptors (Lipinski definition) is 3. The van der Waals surface area contributed by atoms with Crippen molar-refractivity contribution in [3.8, 4) is 5.75 Å². The van der Waals surface area contributed by atoms with Crippen molar-refractivity contribution < 1.29 is 18.6 Å². The lowest BCUT2D eigenvalue weighted by atomic mass is 10.1. The summed E-state index contributed by atoms with van der Waals surface area (Å²) >= 11 is 0. The van der Waals surface area contributed by atoms with E-state index in [1.165, 1.54) is 7.11 Å². The summed E-state index contributed by atoms with van der Waals surface area (Å²) in [5.41, 5.74) is 5.56. The molecule has 0 spiro atoms. The standard InChI is InChI=1S/C10H13F2NO2/c1-15-10-4-8(11)6(3-9(10)12)2-7(13)5-14/h3-4,7,14H,2,5,13H2,1H3. The van der Waals surface area contributed by atoms with Gasteiger partial charge in [0.25, 0.3) is 0 Å². The van der Waals surface area contributed by atoms with E-state index in [0.29, 0.717) is 0 Å². The molecule has 84 valence electrons. The Bertz CT molecular complexity index is 344. The van der Waals surface area contributed by atoms with Crippen molar-refractivity contribution in [3.63, 3.8) is 0 Å². The summed E-state index contributed by atoms with van der Waals surface area (Å²) in [4.78, 5) is 0. The molecular weight excluding hydrogens is 204 g/mol. The lowest BCUT2D eigenvalue weighted by molar-refractivity contribution is 0.264. The van der Waals surface area contributed by atoms with Crippen LogP contribution in [0, 0.1) is 11.6 Å². The van der Waals surface area contributed by atoms with E-state index < -0.39 is 17.7 Å². The minimum atomic E-state index is -0.640. The molecule has 0 fully saturated rings. The molecule has 3 N–H and O–H groups in total. The average Bonchev–Trinajstić information content (AvgIpc) is 2.22. The molecule has 0 aliphatic carbocycles. The summed E-state index contributed by atoms with van der Waals surface area (Å²) in [6.07, 6.45) is 0.0866. The van der Waals surface area contributed by atoms with E-state index in [4.69, 9.17) is 10.8 Å². The molecule has 1 aromatic rings. The zero-order valence-corrected chi connectivity index (χ0v) is 8.34. The maximum Gasteiger partial charge on any atom is 0.165 e.